The molecule has 0 spiro atoms. The third-order valence-corrected chi connectivity index (χ3v) is 10.5. The first-order valence-electron chi connectivity index (χ1n) is 18.4. The minimum Gasteiger partial charge on any atom is -0.455 e. The van der Waals surface area contributed by atoms with Crippen LogP contribution in [0.5, 0.6) is 0 Å². The number of hydrogen-bond donors (Lipinski definition) is 0. The van der Waals surface area contributed by atoms with E-state index in [-0.39, 0.29) is 0 Å². The van der Waals surface area contributed by atoms with Crippen molar-refractivity contribution in [2.24, 2.45) is 0 Å². The number of para-hydroxylation sites is 2. The molecule has 0 atom stereocenters. The van der Waals surface area contributed by atoms with Crippen molar-refractivity contribution in [1.29, 1.82) is 0 Å². The van der Waals surface area contributed by atoms with Gasteiger partial charge < -0.3 is 9.32 Å². The van der Waals surface area contributed by atoms with Gasteiger partial charge in [0.2, 0.25) is 0 Å². The maximum atomic E-state index is 6.41. The van der Waals surface area contributed by atoms with Gasteiger partial charge in [0.1, 0.15) is 11.2 Å². The van der Waals surface area contributed by atoms with Crippen LogP contribution in [-0.4, -0.2) is 0 Å². The molecule has 54 heavy (non-hydrogen) atoms. The Kier molecular flexibility index (Phi) is 7.85. The summed E-state index contributed by atoms with van der Waals surface area (Å²) in [7, 11) is 0. The highest BCUT2D eigenvalue weighted by atomic mass is 16.3. The minimum absolute atomic E-state index is 0.907. The zero-order chi connectivity index (χ0) is 35.8. The third-order valence-electron chi connectivity index (χ3n) is 10.5. The molecule has 2 nitrogen and oxygen atoms in total. The monoisotopic (exact) mass is 689 g/mol. The standard InChI is InChI=1S/C52H35NO/c1-2-11-36(12-3-1)41-15-8-16-42(33-41)38-25-29-45(30-26-38)53(47-18-9-17-43(35-47)44-24-23-37-13-4-5-14-40(37)34-44)46-31-27-39(28-32-46)48-20-10-21-50-49-19-6-7-22-51(49)54-52(48)50/h1-35H. The molecule has 0 bridgehead atoms. The third kappa shape index (κ3) is 5.81. The number of anilines is 3. The summed E-state index contributed by atoms with van der Waals surface area (Å²) in [6, 6.07) is 75.9. The first kappa shape index (κ1) is 31.6. The van der Waals surface area contributed by atoms with Crippen LogP contribution < -0.4 is 4.90 Å². The van der Waals surface area contributed by atoms with E-state index in [0.29, 0.717) is 0 Å². The zero-order valence-corrected chi connectivity index (χ0v) is 29.6. The van der Waals surface area contributed by atoms with Crippen LogP contribution in [0.15, 0.2) is 217 Å². The fourth-order valence-electron chi connectivity index (χ4n) is 7.72. The van der Waals surface area contributed by atoms with Gasteiger partial charge in [0, 0.05) is 33.4 Å². The molecule has 0 N–H and O–H groups in total. The van der Waals surface area contributed by atoms with Crippen molar-refractivity contribution in [2.75, 3.05) is 4.90 Å². The van der Waals surface area contributed by atoms with Crippen molar-refractivity contribution < 1.29 is 4.42 Å². The molecule has 0 aliphatic carbocycles. The summed E-state index contributed by atoms with van der Waals surface area (Å²) in [5, 5.41) is 4.75. The molecule has 0 unspecified atom stereocenters. The first-order valence-corrected chi connectivity index (χ1v) is 18.4. The summed E-state index contributed by atoms with van der Waals surface area (Å²) < 4.78 is 6.41. The van der Waals surface area contributed by atoms with E-state index in [0.717, 1.165) is 50.1 Å². The van der Waals surface area contributed by atoms with Crippen LogP contribution in [0.1, 0.15) is 0 Å². The predicted molar refractivity (Wildman–Crippen MR) is 228 cm³/mol. The molecular weight excluding hydrogens is 655 g/mol. The van der Waals surface area contributed by atoms with Gasteiger partial charge in [-0.2, -0.15) is 0 Å². The van der Waals surface area contributed by atoms with Crippen LogP contribution in [0.25, 0.3) is 77.2 Å². The molecule has 0 aliphatic heterocycles. The Bertz CT molecular complexity index is 2920. The number of benzene rings is 9. The van der Waals surface area contributed by atoms with Gasteiger partial charge in [0.25, 0.3) is 0 Å². The molecule has 10 rings (SSSR count). The van der Waals surface area contributed by atoms with Crippen LogP contribution in [0.3, 0.4) is 0 Å². The summed E-state index contributed by atoms with van der Waals surface area (Å²) in [5.41, 5.74) is 14.4. The fraction of sp³-hybridized carbons (Fsp3) is 0. The van der Waals surface area contributed by atoms with Crippen molar-refractivity contribution in [3.05, 3.63) is 212 Å². The Morgan fingerprint density at radius 3 is 1.61 bits per heavy atom. The lowest BCUT2D eigenvalue weighted by Crippen LogP contribution is -2.10. The molecule has 2 heteroatoms. The molecule has 254 valence electrons. The van der Waals surface area contributed by atoms with E-state index in [1.165, 1.54) is 44.2 Å². The summed E-state index contributed by atoms with van der Waals surface area (Å²) in [6.45, 7) is 0. The average molecular weight is 690 g/mol. The van der Waals surface area contributed by atoms with Crippen LogP contribution in [0.4, 0.5) is 17.1 Å². The molecule has 0 fully saturated rings. The Morgan fingerprint density at radius 2 is 0.833 bits per heavy atom. The maximum Gasteiger partial charge on any atom is 0.143 e. The molecule has 0 aliphatic rings. The van der Waals surface area contributed by atoms with Crippen LogP contribution >= 0.6 is 0 Å². The van der Waals surface area contributed by atoms with E-state index in [1.807, 2.05) is 12.1 Å². The minimum atomic E-state index is 0.907. The molecule has 0 amide bonds. The van der Waals surface area contributed by atoms with Crippen molar-refractivity contribution in [3.63, 3.8) is 0 Å². The Labute approximate surface area is 314 Å². The lowest BCUT2D eigenvalue weighted by Gasteiger charge is -2.26. The SMILES string of the molecule is c1ccc(-c2cccc(-c3ccc(N(c4ccc(-c5cccc6c5oc5ccccc56)cc4)c4cccc(-c5ccc6ccccc6c5)c4)cc3)c2)cc1. The highest BCUT2D eigenvalue weighted by Gasteiger charge is 2.16. The molecule has 1 aromatic heterocycles. The largest absolute Gasteiger partial charge is 0.455 e. The van der Waals surface area contributed by atoms with E-state index in [4.69, 9.17) is 4.42 Å². The van der Waals surface area contributed by atoms with Crippen LogP contribution in [0, 0.1) is 0 Å². The summed E-state index contributed by atoms with van der Waals surface area (Å²) in [6.07, 6.45) is 0. The Morgan fingerprint density at radius 1 is 0.296 bits per heavy atom. The second-order valence-corrected chi connectivity index (χ2v) is 13.8. The average Bonchev–Trinajstić information content (AvgIpc) is 3.64. The molecule has 10 aromatic rings. The lowest BCUT2D eigenvalue weighted by atomic mass is 9.98. The summed E-state index contributed by atoms with van der Waals surface area (Å²) >= 11 is 0. The van der Waals surface area contributed by atoms with Gasteiger partial charge in [-0.1, -0.05) is 158 Å². The Balaban J connectivity index is 1.05. The number of hydrogen-bond acceptors (Lipinski definition) is 2. The van der Waals surface area contributed by atoms with Crippen molar-refractivity contribution in [1.82, 2.24) is 0 Å². The maximum absolute atomic E-state index is 6.41. The summed E-state index contributed by atoms with van der Waals surface area (Å²) in [4.78, 5) is 2.35. The van der Waals surface area contributed by atoms with E-state index in [1.54, 1.807) is 0 Å². The molecular formula is C52H35NO. The van der Waals surface area contributed by atoms with Gasteiger partial charge in [-0.15, -0.1) is 0 Å². The number of furan rings is 1. The fourth-order valence-corrected chi connectivity index (χ4v) is 7.72. The van der Waals surface area contributed by atoms with Gasteiger partial charge >= 0.3 is 0 Å². The molecule has 0 saturated carbocycles. The quantitative estimate of drug-likeness (QED) is 0.166. The first-order chi connectivity index (χ1) is 26.7. The zero-order valence-electron chi connectivity index (χ0n) is 29.6. The second-order valence-electron chi connectivity index (χ2n) is 13.8. The topological polar surface area (TPSA) is 16.4 Å². The predicted octanol–water partition coefficient (Wildman–Crippen LogP) is 14.9. The molecule has 1 heterocycles. The second kappa shape index (κ2) is 13.4. The van der Waals surface area contributed by atoms with Gasteiger partial charge in [-0.05, 0) is 104 Å². The highest BCUT2D eigenvalue weighted by molar-refractivity contribution is 6.09. The van der Waals surface area contributed by atoms with Gasteiger partial charge in [-0.3, -0.25) is 0 Å². The van der Waals surface area contributed by atoms with E-state index < -0.39 is 0 Å². The van der Waals surface area contributed by atoms with Gasteiger partial charge in [-0.25, -0.2) is 0 Å². The van der Waals surface area contributed by atoms with Crippen molar-refractivity contribution in [3.8, 4) is 44.5 Å². The summed E-state index contributed by atoms with van der Waals surface area (Å²) in [5.74, 6) is 0. The van der Waals surface area contributed by atoms with Gasteiger partial charge in [0.05, 0.1) is 0 Å². The van der Waals surface area contributed by atoms with E-state index in [2.05, 4.69) is 205 Å². The highest BCUT2D eigenvalue weighted by Crippen LogP contribution is 2.41. The van der Waals surface area contributed by atoms with Crippen molar-refractivity contribution >= 4 is 49.8 Å². The normalized spacial score (nSPS) is 11.3. The van der Waals surface area contributed by atoms with Crippen LogP contribution in [0.2, 0.25) is 0 Å². The molecule has 9 aromatic carbocycles. The van der Waals surface area contributed by atoms with E-state index >= 15 is 0 Å². The lowest BCUT2D eigenvalue weighted by molar-refractivity contribution is 0.670. The van der Waals surface area contributed by atoms with Gasteiger partial charge in [0.15, 0.2) is 0 Å². The van der Waals surface area contributed by atoms with E-state index in [9.17, 15) is 0 Å². The molecule has 0 saturated heterocycles. The number of fused-ring (bicyclic) bond motifs is 4. The smallest absolute Gasteiger partial charge is 0.143 e. The van der Waals surface area contributed by atoms with Crippen LogP contribution in [-0.2, 0) is 0 Å². The Hall–Kier alpha value is -7.16. The number of nitrogens with zero attached hydrogens (tertiary/aromatic N) is 1. The number of rotatable bonds is 7. The van der Waals surface area contributed by atoms with Crippen molar-refractivity contribution in [2.45, 2.75) is 0 Å². The molecule has 0 radical (unpaired) electrons.